The van der Waals surface area contributed by atoms with Gasteiger partial charge in [-0.05, 0) is 43.5 Å². The van der Waals surface area contributed by atoms with Gasteiger partial charge in [0.2, 0.25) is 0 Å². The fraction of sp³-hybridized carbons (Fsp3) is 0.600. The van der Waals surface area contributed by atoms with Gasteiger partial charge in [0.25, 0.3) is 0 Å². The molecule has 1 aliphatic heterocycles. The van der Waals surface area contributed by atoms with Crippen LogP contribution in [0.5, 0.6) is 0 Å². The van der Waals surface area contributed by atoms with E-state index in [9.17, 15) is 0 Å². The largest absolute Gasteiger partial charge is 0.377 e. The fourth-order valence-corrected chi connectivity index (χ4v) is 3.29. The van der Waals surface area contributed by atoms with Crippen molar-refractivity contribution in [2.75, 3.05) is 18.9 Å². The second-order valence-corrected chi connectivity index (χ2v) is 5.89. The first kappa shape index (κ1) is 13.9. The molecule has 1 aromatic rings. The van der Waals surface area contributed by atoms with Gasteiger partial charge in [0.15, 0.2) is 0 Å². The topological polar surface area (TPSA) is 21.3 Å². The van der Waals surface area contributed by atoms with Crippen LogP contribution in [-0.4, -0.2) is 25.0 Å². The fourth-order valence-electron chi connectivity index (χ4n) is 2.21. The van der Waals surface area contributed by atoms with Crippen molar-refractivity contribution in [1.29, 1.82) is 0 Å². The molecule has 0 bridgehead atoms. The van der Waals surface area contributed by atoms with E-state index in [4.69, 9.17) is 4.74 Å². The molecule has 0 amide bonds. The molecule has 1 atom stereocenters. The molecule has 1 saturated heterocycles. The van der Waals surface area contributed by atoms with Crippen LogP contribution in [0.15, 0.2) is 23.1 Å². The first-order chi connectivity index (χ1) is 8.79. The minimum absolute atomic E-state index is 0.468. The third-order valence-corrected chi connectivity index (χ3v) is 4.57. The highest BCUT2D eigenvalue weighted by atomic mass is 32.2. The molecule has 0 aliphatic carbocycles. The summed E-state index contributed by atoms with van der Waals surface area (Å²) < 4.78 is 5.66. The van der Waals surface area contributed by atoms with Gasteiger partial charge in [-0.25, -0.2) is 0 Å². The molecule has 0 spiro atoms. The third-order valence-electron chi connectivity index (χ3n) is 3.27. The van der Waals surface area contributed by atoms with Gasteiger partial charge in [0.05, 0.1) is 6.10 Å². The Morgan fingerprint density at radius 3 is 3.00 bits per heavy atom. The highest BCUT2D eigenvalue weighted by Gasteiger charge is 2.15. The van der Waals surface area contributed by atoms with Crippen molar-refractivity contribution >= 4 is 11.8 Å². The second kappa shape index (κ2) is 7.17. The maximum Gasteiger partial charge on any atom is 0.0669 e. The van der Waals surface area contributed by atoms with Crippen LogP contribution in [0.3, 0.4) is 0 Å². The van der Waals surface area contributed by atoms with Crippen molar-refractivity contribution in [3.63, 3.8) is 0 Å². The molecule has 2 rings (SSSR count). The zero-order valence-electron chi connectivity index (χ0n) is 11.4. The van der Waals surface area contributed by atoms with Crippen LogP contribution < -0.4 is 5.32 Å². The summed E-state index contributed by atoms with van der Waals surface area (Å²) in [4.78, 5) is 1.39. The summed E-state index contributed by atoms with van der Waals surface area (Å²) in [5.41, 5.74) is 2.75. The lowest BCUT2D eigenvalue weighted by Crippen LogP contribution is -2.11. The van der Waals surface area contributed by atoms with E-state index in [1.54, 1.807) is 0 Å². The Hall–Kier alpha value is -0.510. The second-order valence-electron chi connectivity index (χ2n) is 4.83. The van der Waals surface area contributed by atoms with E-state index in [0.29, 0.717) is 6.10 Å². The lowest BCUT2D eigenvalue weighted by atomic mass is 10.1. The van der Waals surface area contributed by atoms with Crippen LogP contribution in [0, 0.1) is 6.92 Å². The number of hydrogen-bond acceptors (Lipinski definition) is 3. The van der Waals surface area contributed by atoms with Gasteiger partial charge in [-0.2, -0.15) is 0 Å². The maximum atomic E-state index is 5.66. The molecular formula is C15H23NOS. The number of ether oxygens (including phenoxy) is 1. The normalized spacial score (nSPS) is 19.3. The Kier molecular flexibility index (Phi) is 5.54. The van der Waals surface area contributed by atoms with E-state index < -0.39 is 0 Å². The average Bonchev–Trinajstić information content (AvgIpc) is 2.88. The van der Waals surface area contributed by atoms with Crippen molar-refractivity contribution in [2.24, 2.45) is 0 Å². The Balaban J connectivity index is 1.87. The van der Waals surface area contributed by atoms with Gasteiger partial charge in [0, 0.05) is 23.8 Å². The molecule has 0 radical (unpaired) electrons. The van der Waals surface area contributed by atoms with Crippen molar-refractivity contribution in [3.05, 3.63) is 29.3 Å². The van der Waals surface area contributed by atoms with Crippen LogP contribution in [-0.2, 0) is 11.3 Å². The van der Waals surface area contributed by atoms with Crippen molar-refractivity contribution in [3.8, 4) is 0 Å². The molecule has 0 saturated carbocycles. The first-order valence-corrected chi connectivity index (χ1v) is 7.83. The Morgan fingerprint density at radius 2 is 2.33 bits per heavy atom. The number of benzene rings is 1. The number of nitrogens with one attached hydrogen (secondary N) is 1. The summed E-state index contributed by atoms with van der Waals surface area (Å²) in [7, 11) is 0. The van der Waals surface area contributed by atoms with Crippen LogP contribution >= 0.6 is 11.8 Å². The number of rotatable bonds is 6. The lowest BCUT2D eigenvalue weighted by Gasteiger charge is -2.11. The molecule has 0 aromatic heterocycles. The smallest absolute Gasteiger partial charge is 0.0669 e. The molecule has 1 unspecified atom stereocenters. The minimum Gasteiger partial charge on any atom is -0.377 e. The summed E-state index contributed by atoms with van der Waals surface area (Å²) >= 11 is 1.93. The number of thioether (sulfide) groups is 1. The highest BCUT2D eigenvalue weighted by Crippen LogP contribution is 2.27. The predicted octanol–water partition coefficient (Wildman–Crippen LogP) is 3.38. The van der Waals surface area contributed by atoms with E-state index in [0.717, 1.165) is 25.4 Å². The lowest BCUT2D eigenvalue weighted by molar-refractivity contribution is 0.129. The zero-order valence-corrected chi connectivity index (χ0v) is 12.2. The van der Waals surface area contributed by atoms with Crippen LogP contribution in [0.25, 0.3) is 0 Å². The molecule has 1 aliphatic rings. The van der Waals surface area contributed by atoms with Gasteiger partial charge in [-0.15, -0.1) is 11.8 Å². The van der Waals surface area contributed by atoms with Crippen molar-refractivity contribution in [1.82, 2.24) is 5.32 Å². The highest BCUT2D eigenvalue weighted by molar-refractivity contribution is 7.99. The summed E-state index contributed by atoms with van der Waals surface area (Å²) in [6, 6.07) is 6.77. The number of hydrogen-bond donors (Lipinski definition) is 1. The molecule has 1 N–H and O–H groups in total. The summed E-state index contributed by atoms with van der Waals surface area (Å²) in [6.07, 6.45) is 2.92. The summed E-state index contributed by atoms with van der Waals surface area (Å²) in [5.74, 6) is 1.09. The van der Waals surface area contributed by atoms with Crippen LogP contribution in [0.2, 0.25) is 0 Å². The molecule has 18 heavy (non-hydrogen) atoms. The van der Waals surface area contributed by atoms with E-state index in [-0.39, 0.29) is 0 Å². The molecule has 1 fully saturated rings. The van der Waals surface area contributed by atoms with Gasteiger partial charge >= 0.3 is 0 Å². The standard InChI is InChI=1S/C15H23NOS/c1-3-16-10-13-6-7-15(12(2)9-13)18-11-14-5-4-8-17-14/h6-7,9,14,16H,3-5,8,10-11H2,1-2H3. The van der Waals surface area contributed by atoms with Gasteiger partial charge in [-0.1, -0.05) is 19.1 Å². The molecular weight excluding hydrogens is 242 g/mol. The first-order valence-electron chi connectivity index (χ1n) is 6.84. The van der Waals surface area contributed by atoms with Crippen molar-refractivity contribution < 1.29 is 4.74 Å². The van der Waals surface area contributed by atoms with Gasteiger partial charge < -0.3 is 10.1 Å². The Labute approximate surface area is 114 Å². The van der Waals surface area contributed by atoms with Gasteiger partial charge in [0.1, 0.15) is 0 Å². The van der Waals surface area contributed by atoms with E-state index in [2.05, 4.69) is 37.4 Å². The molecule has 1 aromatic carbocycles. The predicted molar refractivity (Wildman–Crippen MR) is 78.3 cm³/mol. The molecule has 100 valence electrons. The molecule has 3 heteroatoms. The Morgan fingerprint density at radius 1 is 1.44 bits per heavy atom. The third kappa shape index (κ3) is 4.01. The minimum atomic E-state index is 0.468. The quantitative estimate of drug-likeness (QED) is 0.797. The van der Waals surface area contributed by atoms with E-state index in [1.165, 1.54) is 28.9 Å². The van der Waals surface area contributed by atoms with E-state index in [1.807, 2.05) is 11.8 Å². The van der Waals surface area contributed by atoms with Crippen LogP contribution in [0.1, 0.15) is 30.9 Å². The summed E-state index contributed by atoms with van der Waals surface area (Å²) in [6.45, 7) is 7.28. The SMILES string of the molecule is CCNCc1ccc(SCC2CCCO2)c(C)c1. The molecule has 1 heterocycles. The average molecular weight is 265 g/mol. The van der Waals surface area contributed by atoms with Crippen molar-refractivity contribution in [2.45, 2.75) is 44.2 Å². The Bertz CT molecular complexity index is 375. The monoisotopic (exact) mass is 265 g/mol. The van der Waals surface area contributed by atoms with E-state index >= 15 is 0 Å². The molecule has 2 nitrogen and oxygen atoms in total. The zero-order chi connectivity index (χ0) is 12.8. The van der Waals surface area contributed by atoms with Crippen LogP contribution in [0.4, 0.5) is 0 Å². The summed E-state index contributed by atoms with van der Waals surface area (Å²) in [5, 5.41) is 3.36. The number of aryl methyl sites for hydroxylation is 1. The van der Waals surface area contributed by atoms with Gasteiger partial charge in [-0.3, -0.25) is 0 Å². The maximum absolute atomic E-state index is 5.66.